The molecule has 1 fully saturated rings. The Balaban J connectivity index is 1.66. The Hall–Kier alpha value is -1.88. The molecule has 5 nitrogen and oxygen atoms in total. The van der Waals surface area contributed by atoms with Gasteiger partial charge in [-0.2, -0.15) is 0 Å². The zero-order chi connectivity index (χ0) is 15.4. The van der Waals surface area contributed by atoms with Crippen LogP contribution in [-0.2, 0) is 11.2 Å². The van der Waals surface area contributed by atoms with Crippen LogP contribution in [0, 0.1) is 5.92 Å². The average molecular weight is 301 g/mol. The third kappa shape index (κ3) is 3.30. The fraction of sp³-hybridized carbons (Fsp3) is 0.529. The number of aliphatic hydroxyl groups excluding tert-OH is 1. The maximum absolute atomic E-state index is 12.4. The number of fused-ring (bicyclic) bond motifs is 1. The number of amides is 1. The molecule has 1 saturated carbocycles. The highest BCUT2D eigenvalue weighted by atomic mass is 16.3. The Labute approximate surface area is 130 Å². The van der Waals surface area contributed by atoms with E-state index in [1.54, 1.807) is 6.20 Å². The van der Waals surface area contributed by atoms with Gasteiger partial charge in [-0.1, -0.05) is 19.3 Å². The van der Waals surface area contributed by atoms with Crippen LogP contribution in [0.25, 0.3) is 11.0 Å². The molecule has 2 aromatic heterocycles. The highest BCUT2D eigenvalue weighted by Crippen LogP contribution is 2.23. The van der Waals surface area contributed by atoms with E-state index >= 15 is 0 Å². The maximum Gasteiger partial charge on any atom is 0.224 e. The molecule has 3 rings (SSSR count). The van der Waals surface area contributed by atoms with E-state index in [0.717, 1.165) is 42.3 Å². The summed E-state index contributed by atoms with van der Waals surface area (Å²) in [5.74, 6) is 0.214. The predicted octanol–water partition coefficient (Wildman–Crippen LogP) is 2.16. The van der Waals surface area contributed by atoms with Crippen molar-refractivity contribution >= 4 is 16.9 Å². The number of aromatic nitrogens is 2. The van der Waals surface area contributed by atoms with Crippen molar-refractivity contribution in [2.24, 2.45) is 5.92 Å². The Morgan fingerprint density at radius 3 is 3.09 bits per heavy atom. The van der Waals surface area contributed by atoms with Crippen LogP contribution in [0.4, 0.5) is 0 Å². The molecule has 3 N–H and O–H groups in total. The summed E-state index contributed by atoms with van der Waals surface area (Å²) in [4.78, 5) is 19.7. The number of hydrogen-bond donors (Lipinski definition) is 3. The van der Waals surface area contributed by atoms with Crippen molar-refractivity contribution in [3.05, 3.63) is 30.1 Å². The molecular weight excluding hydrogens is 278 g/mol. The molecule has 0 radical (unpaired) electrons. The number of hydrogen-bond acceptors (Lipinski definition) is 3. The standard InChI is InChI=1S/C17H23N3O2/c21-11-12-5-2-1-3-7-15(12)20-16(22)9-13-10-19-17-14(13)6-4-8-18-17/h4,6,8,10,12,15,21H,1-3,5,7,9,11H2,(H,18,19)(H,20,22). The number of aromatic amines is 1. The van der Waals surface area contributed by atoms with E-state index in [-0.39, 0.29) is 24.5 Å². The third-order valence-electron chi connectivity index (χ3n) is 4.63. The number of nitrogens with zero attached hydrogens (tertiary/aromatic N) is 1. The van der Waals surface area contributed by atoms with Crippen LogP contribution in [0.5, 0.6) is 0 Å². The Kier molecular flexibility index (Phi) is 4.73. The minimum Gasteiger partial charge on any atom is -0.396 e. The van der Waals surface area contributed by atoms with E-state index < -0.39 is 0 Å². The first-order valence-corrected chi connectivity index (χ1v) is 8.09. The second-order valence-electron chi connectivity index (χ2n) is 6.14. The van der Waals surface area contributed by atoms with Gasteiger partial charge in [-0.05, 0) is 30.5 Å². The van der Waals surface area contributed by atoms with E-state index in [9.17, 15) is 9.90 Å². The van der Waals surface area contributed by atoms with Gasteiger partial charge >= 0.3 is 0 Å². The molecule has 2 heterocycles. The summed E-state index contributed by atoms with van der Waals surface area (Å²) in [5.41, 5.74) is 1.78. The van der Waals surface area contributed by atoms with Gasteiger partial charge in [0.2, 0.25) is 5.91 Å². The highest BCUT2D eigenvalue weighted by molar-refractivity contribution is 5.87. The van der Waals surface area contributed by atoms with Crippen molar-refractivity contribution in [2.45, 2.75) is 44.6 Å². The smallest absolute Gasteiger partial charge is 0.224 e. The minimum atomic E-state index is 0.0232. The minimum absolute atomic E-state index is 0.0232. The predicted molar refractivity (Wildman–Crippen MR) is 85.4 cm³/mol. The molecule has 1 aliphatic carbocycles. The molecule has 1 aliphatic rings. The molecule has 0 spiro atoms. The van der Waals surface area contributed by atoms with E-state index in [0.29, 0.717) is 6.42 Å². The molecule has 0 aromatic carbocycles. The molecule has 0 bridgehead atoms. The normalized spacial score (nSPS) is 22.4. The Morgan fingerprint density at radius 1 is 1.36 bits per heavy atom. The number of pyridine rings is 1. The van der Waals surface area contributed by atoms with Crippen LogP contribution in [0.1, 0.15) is 37.7 Å². The quantitative estimate of drug-likeness (QED) is 0.757. The van der Waals surface area contributed by atoms with E-state index in [4.69, 9.17) is 0 Å². The number of nitrogens with one attached hydrogen (secondary N) is 2. The summed E-state index contributed by atoms with van der Waals surface area (Å²) >= 11 is 0. The van der Waals surface area contributed by atoms with Gasteiger partial charge in [0, 0.05) is 36.3 Å². The second kappa shape index (κ2) is 6.92. The highest BCUT2D eigenvalue weighted by Gasteiger charge is 2.24. The monoisotopic (exact) mass is 301 g/mol. The lowest BCUT2D eigenvalue weighted by Gasteiger charge is -2.24. The lowest BCUT2D eigenvalue weighted by atomic mass is 9.95. The molecule has 0 aliphatic heterocycles. The molecule has 2 unspecified atom stereocenters. The van der Waals surface area contributed by atoms with Crippen LogP contribution < -0.4 is 5.32 Å². The number of carbonyl (C=O) groups excluding carboxylic acids is 1. The Bertz CT molecular complexity index is 638. The van der Waals surface area contributed by atoms with Gasteiger partial charge in [0.05, 0.1) is 6.42 Å². The first-order chi connectivity index (χ1) is 10.8. The zero-order valence-corrected chi connectivity index (χ0v) is 12.7. The summed E-state index contributed by atoms with van der Waals surface area (Å²) in [5, 5.41) is 13.7. The summed E-state index contributed by atoms with van der Waals surface area (Å²) in [7, 11) is 0. The molecule has 5 heteroatoms. The number of H-pyrrole nitrogens is 1. The number of rotatable bonds is 4. The lowest BCUT2D eigenvalue weighted by molar-refractivity contribution is -0.121. The Morgan fingerprint density at radius 2 is 2.23 bits per heavy atom. The first kappa shape index (κ1) is 15.0. The van der Waals surface area contributed by atoms with Crippen LogP contribution in [0.3, 0.4) is 0 Å². The van der Waals surface area contributed by atoms with E-state index in [1.165, 1.54) is 6.42 Å². The van der Waals surface area contributed by atoms with Crippen molar-refractivity contribution in [1.82, 2.24) is 15.3 Å². The molecular formula is C17H23N3O2. The zero-order valence-electron chi connectivity index (χ0n) is 12.7. The summed E-state index contributed by atoms with van der Waals surface area (Å²) in [6, 6.07) is 3.96. The fourth-order valence-electron chi connectivity index (χ4n) is 3.38. The maximum atomic E-state index is 12.4. The fourth-order valence-corrected chi connectivity index (χ4v) is 3.38. The molecule has 118 valence electrons. The van der Waals surface area contributed by atoms with Gasteiger partial charge in [0.1, 0.15) is 5.65 Å². The van der Waals surface area contributed by atoms with Crippen molar-refractivity contribution in [2.75, 3.05) is 6.61 Å². The van der Waals surface area contributed by atoms with Crippen molar-refractivity contribution in [1.29, 1.82) is 0 Å². The van der Waals surface area contributed by atoms with Crippen molar-refractivity contribution in [3.63, 3.8) is 0 Å². The van der Waals surface area contributed by atoms with Gasteiger partial charge in [-0.15, -0.1) is 0 Å². The van der Waals surface area contributed by atoms with Gasteiger partial charge in [-0.25, -0.2) is 4.98 Å². The van der Waals surface area contributed by atoms with E-state index in [1.807, 2.05) is 18.3 Å². The largest absolute Gasteiger partial charge is 0.396 e. The number of aliphatic hydroxyl groups is 1. The number of carbonyl (C=O) groups is 1. The first-order valence-electron chi connectivity index (χ1n) is 8.09. The average Bonchev–Trinajstić information content (AvgIpc) is 2.79. The third-order valence-corrected chi connectivity index (χ3v) is 4.63. The summed E-state index contributed by atoms with van der Waals surface area (Å²) < 4.78 is 0. The second-order valence-corrected chi connectivity index (χ2v) is 6.14. The topological polar surface area (TPSA) is 78.0 Å². The molecule has 2 atom stereocenters. The summed E-state index contributed by atoms with van der Waals surface area (Å²) in [6.45, 7) is 0.155. The van der Waals surface area contributed by atoms with Crippen LogP contribution in [0.2, 0.25) is 0 Å². The molecule has 1 amide bonds. The SMILES string of the molecule is O=C(Cc1c[nH]c2ncccc12)NC1CCCCCC1CO. The summed E-state index contributed by atoms with van der Waals surface area (Å²) in [6.07, 6.45) is 9.36. The van der Waals surface area contributed by atoms with Crippen molar-refractivity contribution in [3.8, 4) is 0 Å². The van der Waals surface area contributed by atoms with Gasteiger partial charge in [0.25, 0.3) is 0 Å². The van der Waals surface area contributed by atoms with Crippen LogP contribution >= 0.6 is 0 Å². The molecule has 2 aromatic rings. The van der Waals surface area contributed by atoms with Crippen LogP contribution in [0.15, 0.2) is 24.5 Å². The van der Waals surface area contributed by atoms with Crippen molar-refractivity contribution < 1.29 is 9.90 Å². The molecule has 22 heavy (non-hydrogen) atoms. The van der Waals surface area contributed by atoms with Crippen LogP contribution in [-0.4, -0.2) is 33.6 Å². The molecule has 0 saturated heterocycles. The van der Waals surface area contributed by atoms with E-state index in [2.05, 4.69) is 15.3 Å². The van der Waals surface area contributed by atoms with Gasteiger partial charge < -0.3 is 15.4 Å². The van der Waals surface area contributed by atoms with Gasteiger partial charge in [0.15, 0.2) is 0 Å². The lowest BCUT2D eigenvalue weighted by Crippen LogP contribution is -2.41. The van der Waals surface area contributed by atoms with Gasteiger partial charge in [-0.3, -0.25) is 4.79 Å².